The van der Waals surface area contributed by atoms with Gasteiger partial charge in [0.25, 0.3) is 5.91 Å². The van der Waals surface area contributed by atoms with Gasteiger partial charge < -0.3 is 4.90 Å². The monoisotopic (exact) mass is 308 g/mol. The fourth-order valence-corrected chi connectivity index (χ4v) is 2.06. The zero-order valence-electron chi connectivity index (χ0n) is 10.1. The van der Waals surface area contributed by atoms with E-state index in [1.165, 1.54) is 6.33 Å². The van der Waals surface area contributed by atoms with Gasteiger partial charge in [-0.3, -0.25) is 9.89 Å². The number of benzene rings is 1. The van der Waals surface area contributed by atoms with Gasteiger partial charge in [-0.25, -0.2) is 4.98 Å². The lowest BCUT2D eigenvalue weighted by Gasteiger charge is -2.17. The maximum absolute atomic E-state index is 12.3. The quantitative estimate of drug-likeness (QED) is 0.945. The van der Waals surface area contributed by atoms with E-state index in [2.05, 4.69) is 31.1 Å². The first-order valence-corrected chi connectivity index (χ1v) is 6.23. The van der Waals surface area contributed by atoms with Gasteiger partial charge in [0.05, 0.1) is 12.1 Å². The predicted octanol–water partition coefficient (Wildman–Crippen LogP) is 2.15. The van der Waals surface area contributed by atoms with E-state index in [1.54, 1.807) is 18.0 Å². The van der Waals surface area contributed by atoms with Crippen LogP contribution in [0.4, 0.5) is 0 Å². The largest absolute Gasteiger partial charge is 0.334 e. The van der Waals surface area contributed by atoms with Crippen LogP contribution in [0.25, 0.3) is 0 Å². The van der Waals surface area contributed by atoms with Crippen molar-refractivity contribution in [3.8, 4) is 0 Å². The van der Waals surface area contributed by atoms with E-state index >= 15 is 0 Å². The van der Waals surface area contributed by atoms with Crippen molar-refractivity contribution in [3.63, 3.8) is 0 Å². The van der Waals surface area contributed by atoms with Crippen LogP contribution in [0.15, 0.2) is 29.0 Å². The number of aromatic nitrogens is 3. The number of H-pyrrole nitrogens is 1. The van der Waals surface area contributed by atoms with Gasteiger partial charge in [-0.05, 0) is 34.5 Å². The minimum absolute atomic E-state index is 0.0537. The summed E-state index contributed by atoms with van der Waals surface area (Å²) < 4.78 is 0.833. The first-order valence-electron chi connectivity index (χ1n) is 5.44. The number of hydrogen-bond donors (Lipinski definition) is 1. The second-order valence-electron chi connectivity index (χ2n) is 4.03. The molecule has 0 radical (unpaired) electrons. The molecule has 2 rings (SSSR count). The molecule has 0 aliphatic carbocycles. The van der Waals surface area contributed by atoms with Gasteiger partial charge in [0.2, 0.25) is 0 Å². The molecule has 18 heavy (non-hydrogen) atoms. The molecule has 94 valence electrons. The number of aromatic amines is 1. The highest BCUT2D eigenvalue weighted by atomic mass is 79.9. The first kappa shape index (κ1) is 12.8. The van der Waals surface area contributed by atoms with Gasteiger partial charge in [0.15, 0.2) is 0 Å². The number of carbonyl (C=O) groups excluding carboxylic acids is 1. The normalized spacial score (nSPS) is 10.4. The lowest BCUT2D eigenvalue weighted by Crippen LogP contribution is -2.27. The molecule has 1 aromatic carbocycles. The smallest absolute Gasteiger partial charge is 0.255 e. The van der Waals surface area contributed by atoms with Crippen molar-refractivity contribution >= 4 is 21.8 Å². The number of nitrogens with one attached hydrogen (secondary N) is 1. The molecule has 1 aromatic heterocycles. The Hall–Kier alpha value is -1.69. The van der Waals surface area contributed by atoms with Crippen molar-refractivity contribution in [2.24, 2.45) is 0 Å². The third kappa shape index (κ3) is 2.59. The third-order valence-electron chi connectivity index (χ3n) is 2.62. The van der Waals surface area contributed by atoms with E-state index < -0.39 is 0 Å². The Morgan fingerprint density at radius 2 is 2.28 bits per heavy atom. The van der Waals surface area contributed by atoms with E-state index in [1.807, 2.05) is 19.1 Å². The van der Waals surface area contributed by atoms with Crippen molar-refractivity contribution in [3.05, 3.63) is 46.0 Å². The van der Waals surface area contributed by atoms with Crippen molar-refractivity contribution in [1.29, 1.82) is 0 Å². The third-order valence-corrected chi connectivity index (χ3v) is 3.67. The molecule has 0 aliphatic rings. The van der Waals surface area contributed by atoms with E-state index in [0.717, 1.165) is 10.0 Å². The number of halogens is 1. The van der Waals surface area contributed by atoms with Gasteiger partial charge in [0.1, 0.15) is 12.2 Å². The molecule has 2 aromatic rings. The Labute approximate surface area is 113 Å². The minimum atomic E-state index is -0.0537. The topological polar surface area (TPSA) is 61.9 Å². The molecule has 0 bridgehead atoms. The summed E-state index contributed by atoms with van der Waals surface area (Å²) in [6.45, 7) is 2.36. The number of carbonyl (C=O) groups is 1. The van der Waals surface area contributed by atoms with Crippen molar-refractivity contribution in [1.82, 2.24) is 20.1 Å². The molecule has 0 saturated carbocycles. The Morgan fingerprint density at radius 1 is 1.50 bits per heavy atom. The number of aryl methyl sites for hydroxylation is 1. The molecule has 5 nitrogen and oxygen atoms in total. The van der Waals surface area contributed by atoms with E-state index in [-0.39, 0.29) is 5.91 Å². The molecule has 0 unspecified atom stereocenters. The summed E-state index contributed by atoms with van der Waals surface area (Å²) in [4.78, 5) is 17.9. The highest BCUT2D eigenvalue weighted by molar-refractivity contribution is 9.10. The number of amides is 1. The van der Waals surface area contributed by atoms with Crippen LogP contribution >= 0.6 is 15.9 Å². The highest BCUT2D eigenvalue weighted by Gasteiger charge is 2.16. The summed E-state index contributed by atoms with van der Waals surface area (Å²) in [7, 11) is 1.74. The van der Waals surface area contributed by atoms with Crippen LogP contribution in [0, 0.1) is 6.92 Å². The zero-order valence-corrected chi connectivity index (χ0v) is 11.7. The second-order valence-corrected chi connectivity index (χ2v) is 4.82. The zero-order chi connectivity index (χ0) is 13.1. The Kier molecular flexibility index (Phi) is 3.76. The summed E-state index contributed by atoms with van der Waals surface area (Å²) >= 11 is 3.44. The minimum Gasteiger partial charge on any atom is -0.334 e. The summed E-state index contributed by atoms with van der Waals surface area (Å²) in [6, 6.07) is 5.63. The average molecular weight is 309 g/mol. The van der Waals surface area contributed by atoms with E-state index in [4.69, 9.17) is 0 Å². The molecule has 0 spiro atoms. The van der Waals surface area contributed by atoms with Crippen LogP contribution in [-0.4, -0.2) is 33.0 Å². The SMILES string of the molecule is Cc1cccc(C(=O)N(C)Cc2ncn[nH]2)c1Br. The molecular formula is C12H13BrN4O. The van der Waals surface area contributed by atoms with Gasteiger partial charge in [-0.1, -0.05) is 12.1 Å². The van der Waals surface area contributed by atoms with Crippen LogP contribution < -0.4 is 0 Å². The summed E-state index contributed by atoms with van der Waals surface area (Å²) in [5.74, 6) is 0.608. The van der Waals surface area contributed by atoms with Gasteiger partial charge in [0, 0.05) is 11.5 Å². The fourth-order valence-electron chi connectivity index (χ4n) is 1.62. The van der Waals surface area contributed by atoms with E-state index in [9.17, 15) is 4.79 Å². The maximum Gasteiger partial charge on any atom is 0.255 e. The molecule has 1 N–H and O–H groups in total. The second kappa shape index (κ2) is 5.30. The van der Waals surface area contributed by atoms with Crippen LogP contribution in [0.3, 0.4) is 0 Å². The van der Waals surface area contributed by atoms with Crippen LogP contribution in [0.2, 0.25) is 0 Å². The van der Waals surface area contributed by atoms with Gasteiger partial charge >= 0.3 is 0 Å². The van der Waals surface area contributed by atoms with E-state index in [0.29, 0.717) is 17.9 Å². The lowest BCUT2D eigenvalue weighted by atomic mass is 10.1. The van der Waals surface area contributed by atoms with Crippen LogP contribution in [-0.2, 0) is 6.54 Å². The number of rotatable bonds is 3. The molecule has 1 heterocycles. The highest BCUT2D eigenvalue weighted by Crippen LogP contribution is 2.22. The van der Waals surface area contributed by atoms with Crippen molar-refractivity contribution in [2.75, 3.05) is 7.05 Å². The molecule has 0 aliphatic heterocycles. The number of nitrogens with zero attached hydrogens (tertiary/aromatic N) is 3. The standard InChI is InChI=1S/C12H13BrN4O/c1-8-4-3-5-9(11(8)13)12(18)17(2)6-10-14-7-15-16-10/h3-5,7H,6H2,1-2H3,(H,14,15,16). The molecule has 1 amide bonds. The van der Waals surface area contributed by atoms with Crippen molar-refractivity contribution in [2.45, 2.75) is 13.5 Å². The Balaban J connectivity index is 2.18. The molecule has 6 heteroatoms. The van der Waals surface area contributed by atoms with Crippen LogP contribution in [0.5, 0.6) is 0 Å². The lowest BCUT2D eigenvalue weighted by molar-refractivity contribution is 0.0780. The van der Waals surface area contributed by atoms with Gasteiger partial charge in [-0.2, -0.15) is 5.10 Å². The van der Waals surface area contributed by atoms with Gasteiger partial charge in [-0.15, -0.1) is 0 Å². The molecular weight excluding hydrogens is 296 g/mol. The summed E-state index contributed by atoms with van der Waals surface area (Å²) in [5.41, 5.74) is 1.69. The van der Waals surface area contributed by atoms with Crippen LogP contribution in [0.1, 0.15) is 21.7 Å². The molecule has 0 fully saturated rings. The predicted molar refractivity (Wildman–Crippen MR) is 71.1 cm³/mol. The Morgan fingerprint density at radius 3 is 2.94 bits per heavy atom. The Bertz CT molecular complexity index is 553. The fraction of sp³-hybridized carbons (Fsp3) is 0.250. The van der Waals surface area contributed by atoms with Crippen molar-refractivity contribution < 1.29 is 4.79 Å². The molecule has 0 saturated heterocycles. The molecule has 0 atom stereocenters. The first-order chi connectivity index (χ1) is 8.59. The number of hydrogen-bond acceptors (Lipinski definition) is 3. The summed E-state index contributed by atoms with van der Waals surface area (Å²) in [5, 5.41) is 6.49. The summed E-state index contributed by atoms with van der Waals surface area (Å²) in [6.07, 6.45) is 1.43. The maximum atomic E-state index is 12.3. The average Bonchev–Trinajstić information content (AvgIpc) is 2.84.